The van der Waals surface area contributed by atoms with Gasteiger partial charge in [-0.05, 0) is 56.3 Å². The van der Waals surface area contributed by atoms with Gasteiger partial charge in [-0.2, -0.15) is 0 Å². The molecule has 1 heterocycles. The molecule has 0 saturated heterocycles. The first kappa shape index (κ1) is 14.0. The van der Waals surface area contributed by atoms with Crippen LogP contribution in [0.3, 0.4) is 0 Å². The van der Waals surface area contributed by atoms with E-state index in [1.54, 1.807) is 6.20 Å². The number of ether oxygens (including phenoxy) is 1. The van der Waals surface area contributed by atoms with Gasteiger partial charge in [0.2, 0.25) is 5.88 Å². The highest BCUT2D eigenvalue weighted by atomic mass is 79.9. The fourth-order valence-electron chi connectivity index (χ4n) is 1.72. The number of nitrogens with zero attached hydrogens (tertiary/aromatic N) is 1. The van der Waals surface area contributed by atoms with Crippen molar-refractivity contribution in [2.45, 2.75) is 19.9 Å². The summed E-state index contributed by atoms with van der Waals surface area (Å²) in [5, 5.41) is 3.20. The third-order valence-corrected chi connectivity index (χ3v) is 3.93. The zero-order valence-electron chi connectivity index (χ0n) is 11.3. The third kappa shape index (κ3) is 3.55. The van der Waals surface area contributed by atoms with Crippen LogP contribution in [0.4, 0.5) is 0 Å². The van der Waals surface area contributed by atoms with Crippen molar-refractivity contribution >= 4 is 15.9 Å². The van der Waals surface area contributed by atoms with Crippen LogP contribution in [0.5, 0.6) is 11.6 Å². The SMILES string of the molecule is CNC(C)c1ccnc(Oc2ccc(Br)c(C)c2)c1. The second-order valence-electron chi connectivity index (χ2n) is 4.45. The van der Waals surface area contributed by atoms with Gasteiger partial charge in [-0.1, -0.05) is 15.9 Å². The number of hydrogen-bond acceptors (Lipinski definition) is 3. The lowest BCUT2D eigenvalue weighted by Gasteiger charge is -2.12. The smallest absolute Gasteiger partial charge is 0.219 e. The molecule has 3 nitrogen and oxygen atoms in total. The Bertz CT molecular complexity index is 572. The minimum atomic E-state index is 0.275. The Morgan fingerprint density at radius 2 is 2.05 bits per heavy atom. The summed E-state index contributed by atoms with van der Waals surface area (Å²) in [5.41, 5.74) is 2.29. The van der Waals surface area contributed by atoms with Gasteiger partial charge in [0.1, 0.15) is 5.75 Å². The average molecular weight is 321 g/mol. The van der Waals surface area contributed by atoms with Gasteiger partial charge in [-0.15, -0.1) is 0 Å². The molecule has 0 aliphatic heterocycles. The maximum absolute atomic E-state index is 5.79. The van der Waals surface area contributed by atoms with Crippen molar-refractivity contribution in [1.29, 1.82) is 0 Å². The van der Waals surface area contributed by atoms with E-state index in [4.69, 9.17) is 4.74 Å². The van der Waals surface area contributed by atoms with E-state index in [0.29, 0.717) is 5.88 Å². The van der Waals surface area contributed by atoms with Crippen LogP contribution in [0.15, 0.2) is 41.0 Å². The lowest BCUT2D eigenvalue weighted by molar-refractivity contribution is 0.460. The topological polar surface area (TPSA) is 34.2 Å². The number of aromatic nitrogens is 1. The fourth-order valence-corrected chi connectivity index (χ4v) is 1.96. The Morgan fingerprint density at radius 1 is 1.26 bits per heavy atom. The lowest BCUT2D eigenvalue weighted by atomic mass is 10.1. The van der Waals surface area contributed by atoms with Crippen LogP contribution in [-0.4, -0.2) is 12.0 Å². The fraction of sp³-hybridized carbons (Fsp3) is 0.267. The number of benzene rings is 1. The molecule has 0 radical (unpaired) electrons. The minimum Gasteiger partial charge on any atom is -0.439 e. The molecule has 1 aromatic carbocycles. The van der Waals surface area contributed by atoms with Crippen molar-refractivity contribution in [3.63, 3.8) is 0 Å². The molecule has 1 N–H and O–H groups in total. The van der Waals surface area contributed by atoms with Crippen LogP contribution < -0.4 is 10.1 Å². The van der Waals surface area contributed by atoms with E-state index in [0.717, 1.165) is 21.3 Å². The molecule has 0 spiro atoms. The molecule has 100 valence electrons. The number of aryl methyl sites for hydroxylation is 1. The molecule has 2 rings (SSSR count). The normalized spacial score (nSPS) is 12.2. The summed E-state index contributed by atoms with van der Waals surface area (Å²) in [6.07, 6.45) is 1.77. The molecule has 1 atom stereocenters. The highest BCUT2D eigenvalue weighted by Crippen LogP contribution is 2.26. The molecule has 0 fully saturated rings. The number of pyridine rings is 1. The summed E-state index contributed by atoms with van der Waals surface area (Å²) in [7, 11) is 1.93. The average Bonchev–Trinajstić information content (AvgIpc) is 2.42. The van der Waals surface area contributed by atoms with E-state index < -0.39 is 0 Å². The maximum atomic E-state index is 5.79. The van der Waals surface area contributed by atoms with Crippen LogP contribution in [0.2, 0.25) is 0 Å². The Morgan fingerprint density at radius 3 is 2.74 bits per heavy atom. The van der Waals surface area contributed by atoms with Crippen LogP contribution in [0, 0.1) is 6.92 Å². The summed E-state index contributed by atoms with van der Waals surface area (Å²) in [6, 6.07) is 10.1. The summed E-state index contributed by atoms with van der Waals surface area (Å²) < 4.78 is 6.86. The van der Waals surface area contributed by atoms with E-state index in [2.05, 4.69) is 33.2 Å². The highest BCUT2D eigenvalue weighted by Gasteiger charge is 2.06. The van der Waals surface area contributed by atoms with Gasteiger partial charge < -0.3 is 10.1 Å². The zero-order chi connectivity index (χ0) is 13.8. The maximum Gasteiger partial charge on any atom is 0.219 e. The molecular formula is C15H17BrN2O. The first-order chi connectivity index (χ1) is 9.10. The van der Waals surface area contributed by atoms with Crippen LogP contribution in [-0.2, 0) is 0 Å². The van der Waals surface area contributed by atoms with Gasteiger partial charge in [0, 0.05) is 22.8 Å². The molecule has 1 unspecified atom stereocenters. The molecule has 19 heavy (non-hydrogen) atoms. The van der Waals surface area contributed by atoms with Gasteiger partial charge in [-0.25, -0.2) is 4.98 Å². The van der Waals surface area contributed by atoms with E-state index in [9.17, 15) is 0 Å². The number of halogens is 1. The first-order valence-electron chi connectivity index (χ1n) is 6.17. The quantitative estimate of drug-likeness (QED) is 0.915. The van der Waals surface area contributed by atoms with Crippen molar-refractivity contribution in [3.05, 3.63) is 52.1 Å². The van der Waals surface area contributed by atoms with Gasteiger partial charge >= 0.3 is 0 Å². The van der Waals surface area contributed by atoms with Gasteiger partial charge in [0.25, 0.3) is 0 Å². The molecule has 1 aromatic heterocycles. The van der Waals surface area contributed by atoms with Gasteiger partial charge in [0.15, 0.2) is 0 Å². The molecule has 4 heteroatoms. The van der Waals surface area contributed by atoms with Crippen molar-refractivity contribution in [2.75, 3.05) is 7.05 Å². The Balaban J connectivity index is 2.20. The second-order valence-corrected chi connectivity index (χ2v) is 5.31. The van der Waals surface area contributed by atoms with Crippen molar-refractivity contribution < 1.29 is 4.74 Å². The Labute approximate surface area is 122 Å². The molecule has 0 aliphatic carbocycles. The first-order valence-corrected chi connectivity index (χ1v) is 6.96. The van der Waals surface area contributed by atoms with Crippen LogP contribution in [0.1, 0.15) is 24.1 Å². The van der Waals surface area contributed by atoms with Crippen molar-refractivity contribution in [1.82, 2.24) is 10.3 Å². The third-order valence-electron chi connectivity index (χ3n) is 3.04. The highest BCUT2D eigenvalue weighted by molar-refractivity contribution is 9.10. The summed E-state index contributed by atoms with van der Waals surface area (Å²) >= 11 is 3.48. The largest absolute Gasteiger partial charge is 0.439 e. The van der Waals surface area contributed by atoms with E-state index in [1.165, 1.54) is 0 Å². The van der Waals surface area contributed by atoms with E-state index in [-0.39, 0.29) is 6.04 Å². The van der Waals surface area contributed by atoms with Crippen LogP contribution >= 0.6 is 15.9 Å². The number of nitrogens with one attached hydrogen (secondary N) is 1. The summed E-state index contributed by atoms with van der Waals surface area (Å²) in [4.78, 5) is 4.24. The zero-order valence-corrected chi connectivity index (χ0v) is 12.9. The molecule has 2 aromatic rings. The summed E-state index contributed by atoms with van der Waals surface area (Å²) in [6.45, 7) is 4.13. The molecule has 0 aliphatic rings. The van der Waals surface area contributed by atoms with Crippen LogP contribution in [0.25, 0.3) is 0 Å². The second kappa shape index (κ2) is 6.17. The Kier molecular flexibility index (Phi) is 4.56. The van der Waals surface area contributed by atoms with E-state index in [1.807, 2.05) is 44.3 Å². The minimum absolute atomic E-state index is 0.275. The standard InChI is InChI=1S/C15H17BrN2O/c1-10-8-13(4-5-14(10)16)19-15-9-12(6-7-18-15)11(2)17-3/h4-9,11,17H,1-3H3. The van der Waals surface area contributed by atoms with Gasteiger partial charge in [0.05, 0.1) is 0 Å². The van der Waals surface area contributed by atoms with Gasteiger partial charge in [-0.3, -0.25) is 0 Å². The molecule has 0 saturated carbocycles. The molecule has 0 bridgehead atoms. The number of hydrogen-bond donors (Lipinski definition) is 1. The summed E-state index contributed by atoms with van der Waals surface area (Å²) in [5.74, 6) is 1.41. The Hall–Kier alpha value is -1.39. The monoisotopic (exact) mass is 320 g/mol. The lowest BCUT2D eigenvalue weighted by Crippen LogP contribution is -2.12. The molecule has 0 amide bonds. The predicted molar refractivity (Wildman–Crippen MR) is 80.7 cm³/mol. The van der Waals surface area contributed by atoms with Crippen molar-refractivity contribution in [3.8, 4) is 11.6 Å². The number of rotatable bonds is 4. The molecular weight excluding hydrogens is 304 g/mol. The van der Waals surface area contributed by atoms with E-state index >= 15 is 0 Å². The predicted octanol–water partition coefficient (Wildman–Crippen LogP) is 4.23. The van der Waals surface area contributed by atoms with Crippen molar-refractivity contribution in [2.24, 2.45) is 0 Å².